The van der Waals surface area contributed by atoms with Gasteiger partial charge < -0.3 is 15.7 Å². The summed E-state index contributed by atoms with van der Waals surface area (Å²) in [4.78, 5) is 33.8. The lowest BCUT2D eigenvalue weighted by Crippen LogP contribution is -2.41. The fourth-order valence-electron chi connectivity index (χ4n) is 1.71. The van der Waals surface area contributed by atoms with Gasteiger partial charge in [0.15, 0.2) is 0 Å². The van der Waals surface area contributed by atoms with Gasteiger partial charge >= 0.3 is 5.97 Å². The molecule has 1 atom stereocenters. The van der Waals surface area contributed by atoms with E-state index in [0.29, 0.717) is 12.1 Å². The van der Waals surface area contributed by atoms with Crippen molar-refractivity contribution in [3.8, 4) is 0 Å². The van der Waals surface area contributed by atoms with E-state index in [4.69, 9.17) is 5.11 Å². The zero-order valence-electron chi connectivity index (χ0n) is 11.5. The second kappa shape index (κ2) is 7.40. The number of aliphatic carboxylic acids is 1. The largest absolute Gasteiger partial charge is 0.480 e. The number of carboxylic acid groups (broad SMARTS) is 1. The SMILES string of the molecule is CNCc1ccc(C(=O)N[C@@H](CC(C)=O)C(=O)O)cc1. The van der Waals surface area contributed by atoms with E-state index >= 15 is 0 Å². The summed E-state index contributed by atoms with van der Waals surface area (Å²) in [5.41, 5.74) is 1.38. The molecular weight excluding hydrogens is 260 g/mol. The maximum atomic E-state index is 11.9. The Morgan fingerprint density at radius 3 is 2.25 bits per heavy atom. The van der Waals surface area contributed by atoms with Crippen LogP contribution in [-0.4, -0.2) is 35.9 Å². The lowest BCUT2D eigenvalue weighted by atomic mass is 10.1. The summed E-state index contributed by atoms with van der Waals surface area (Å²) in [6, 6.07) is 5.61. The molecule has 0 spiro atoms. The molecule has 0 heterocycles. The first-order valence-electron chi connectivity index (χ1n) is 6.20. The first kappa shape index (κ1) is 15.8. The van der Waals surface area contributed by atoms with Gasteiger partial charge in [-0.05, 0) is 31.7 Å². The van der Waals surface area contributed by atoms with Gasteiger partial charge in [-0.25, -0.2) is 4.79 Å². The van der Waals surface area contributed by atoms with Crippen LogP contribution in [0.2, 0.25) is 0 Å². The molecule has 0 bridgehead atoms. The van der Waals surface area contributed by atoms with Gasteiger partial charge in [0.25, 0.3) is 5.91 Å². The molecule has 108 valence electrons. The van der Waals surface area contributed by atoms with Crippen LogP contribution in [0.4, 0.5) is 0 Å². The molecule has 1 aromatic rings. The van der Waals surface area contributed by atoms with Gasteiger partial charge in [0.1, 0.15) is 11.8 Å². The number of carbonyl (C=O) groups is 3. The quantitative estimate of drug-likeness (QED) is 0.677. The van der Waals surface area contributed by atoms with Gasteiger partial charge in [-0.15, -0.1) is 0 Å². The molecule has 0 radical (unpaired) electrons. The average Bonchev–Trinajstić information content (AvgIpc) is 2.38. The lowest BCUT2D eigenvalue weighted by molar-refractivity contribution is -0.140. The minimum Gasteiger partial charge on any atom is -0.480 e. The highest BCUT2D eigenvalue weighted by Crippen LogP contribution is 2.05. The van der Waals surface area contributed by atoms with Gasteiger partial charge in [-0.3, -0.25) is 9.59 Å². The zero-order valence-corrected chi connectivity index (χ0v) is 11.5. The molecule has 0 unspecified atom stereocenters. The third kappa shape index (κ3) is 4.81. The van der Waals surface area contributed by atoms with Crippen molar-refractivity contribution >= 4 is 17.7 Å². The Bertz CT molecular complexity index is 496. The highest BCUT2D eigenvalue weighted by Gasteiger charge is 2.22. The van der Waals surface area contributed by atoms with Crippen LogP contribution in [-0.2, 0) is 16.1 Å². The van der Waals surface area contributed by atoms with Crippen molar-refractivity contribution < 1.29 is 19.5 Å². The minimum absolute atomic E-state index is 0.223. The van der Waals surface area contributed by atoms with Crippen molar-refractivity contribution in [2.24, 2.45) is 0 Å². The second-order valence-electron chi connectivity index (χ2n) is 4.50. The van der Waals surface area contributed by atoms with E-state index in [0.717, 1.165) is 5.56 Å². The van der Waals surface area contributed by atoms with Crippen LogP contribution in [0.15, 0.2) is 24.3 Å². The summed E-state index contributed by atoms with van der Waals surface area (Å²) >= 11 is 0. The number of carbonyl (C=O) groups excluding carboxylic acids is 2. The third-order valence-electron chi connectivity index (χ3n) is 2.69. The maximum Gasteiger partial charge on any atom is 0.326 e. The average molecular weight is 278 g/mol. The Balaban J connectivity index is 2.73. The number of hydrogen-bond donors (Lipinski definition) is 3. The molecular formula is C14H18N2O4. The molecule has 0 saturated heterocycles. The van der Waals surface area contributed by atoms with E-state index < -0.39 is 17.9 Å². The Kier molecular flexibility index (Phi) is 5.86. The molecule has 6 nitrogen and oxygen atoms in total. The summed E-state index contributed by atoms with van der Waals surface area (Å²) in [6.07, 6.45) is -0.223. The van der Waals surface area contributed by atoms with E-state index in [2.05, 4.69) is 10.6 Å². The number of rotatable bonds is 7. The number of carboxylic acids is 1. The smallest absolute Gasteiger partial charge is 0.326 e. The van der Waals surface area contributed by atoms with E-state index in [1.807, 2.05) is 7.05 Å². The van der Waals surface area contributed by atoms with Crippen molar-refractivity contribution in [3.63, 3.8) is 0 Å². The molecule has 20 heavy (non-hydrogen) atoms. The van der Waals surface area contributed by atoms with E-state index in [1.165, 1.54) is 6.92 Å². The van der Waals surface area contributed by atoms with E-state index in [1.54, 1.807) is 24.3 Å². The fourth-order valence-corrected chi connectivity index (χ4v) is 1.71. The summed E-state index contributed by atoms with van der Waals surface area (Å²) in [6.45, 7) is 1.97. The lowest BCUT2D eigenvalue weighted by Gasteiger charge is -2.13. The Hall–Kier alpha value is -2.21. The molecule has 0 aliphatic carbocycles. The third-order valence-corrected chi connectivity index (χ3v) is 2.69. The summed E-state index contributed by atoms with van der Waals surface area (Å²) < 4.78 is 0. The zero-order chi connectivity index (χ0) is 15.1. The summed E-state index contributed by atoms with van der Waals surface area (Å²) in [7, 11) is 1.82. The van der Waals surface area contributed by atoms with Crippen molar-refractivity contribution in [3.05, 3.63) is 35.4 Å². The molecule has 6 heteroatoms. The first-order valence-corrected chi connectivity index (χ1v) is 6.20. The van der Waals surface area contributed by atoms with Crippen LogP contribution in [0.5, 0.6) is 0 Å². The number of hydrogen-bond acceptors (Lipinski definition) is 4. The van der Waals surface area contributed by atoms with Crippen molar-refractivity contribution in [1.29, 1.82) is 0 Å². The number of ketones is 1. The molecule has 0 aromatic heterocycles. The number of benzene rings is 1. The molecule has 1 aromatic carbocycles. The number of nitrogens with one attached hydrogen (secondary N) is 2. The Morgan fingerprint density at radius 1 is 1.20 bits per heavy atom. The molecule has 1 amide bonds. The molecule has 1 rings (SSSR count). The van der Waals surface area contributed by atoms with Crippen LogP contribution in [0.25, 0.3) is 0 Å². The van der Waals surface area contributed by atoms with Gasteiger partial charge in [-0.2, -0.15) is 0 Å². The maximum absolute atomic E-state index is 11.9. The normalized spacial score (nSPS) is 11.7. The predicted molar refractivity (Wildman–Crippen MR) is 73.4 cm³/mol. The predicted octanol–water partition coefficient (Wildman–Crippen LogP) is 0.568. The van der Waals surface area contributed by atoms with Crippen LogP contribution >= 0.6 is 0 Å². The van der Waals surface area contributed by atoms with Gasteiger partial charge in [0, 0.05) is 18.5 Å². The summed E-state index contributed by atoms with van der Waals surface area (Å²) in [5, 5.41) is 14.3. The van der Waals surface area contributed by atoms with E-state index in [9.17, 15) is 14.4 Å². The minimum atomic E-state index is -1.22. The number of Topliss-reactive ketones (excluding diaryl/α,β-unsaturated/α-hetero) is 1. The van der Waals surface area contributed by atoms with Crippen molar-refractivity contribution in [2.45, 2.75) is 25.9 Å². The van der Waals surface area contributed by atoms with Gasteiger partial charge in [0.05, 0.1) is 0 Å². The van der Waals surface area contributed by atoms with Crippen molar-refractivity contribution in [1.82, 2.24) is 10.6 Å². The topological polar surface area (TPSA) is 95.5 Å². The van der Waals surface area contributed by atoms with Gasteiger partial charge in [0.2, 0.25) is 0 Å². The number of amides is 1. The molecule has 0 aliphatic heterocycles. The van der Waals surface area contributed by atoms with Crippen LogP contribution in [0.1, 0.15) is 29.3 Å². The Labute approximate surface area is 117 Å². The monoisotopic (exact) mass is 278 g/mol. The Morgan fingerprint density at radius 2 is 1.80 bits per heavy atom. The molecule has 0 fully saturated rings. The van der Waals surface area contributed by atoms with Crippen molar-refractivity contribution in [2.75, 3.05) is 7.05 Å². The highest BCUT2D eigenvalue weighted by molar-refractivity contribution is 5.97. The van der Waals surface area contributed by atoms with Crippen LogP contribution in [0, 0.1) is 0 Å². The highest BCUT2D eigenvalue weighted by atomic mass is 16.4. The van der Waals surface area contributed by atoms with Gasteiger partial charge in [-0.1, -0.05) is 12.1 Å². The fraction of sp³-hybridized carbons (Fsp3) is 0.357. The molecule has 0 aliphatic rings. The van der Waals surface area contributed by atoms with E-state index in [-0.39, 0.29) is 12.2 Å². The van der Waals surface area contributed by atoms with Crippen LogP contribution in [0.3, 0.4) is 0 Å². The first-order chi connectivity index (χ1) is 9.43. The standard InChI is InChI=1S/C14H18N2O4/c1-9(17)7-12(14(19)20)16-13(18)11-5-3-10(4-6-11)8-15-2/h3-6,12,15H,7-8H2,1-2H3,(H,16,18)(H,19,20)/t12-/m0/s1. The summed E-state index contributed by atoms with van der Waals surface area (Å²) in [5.74, 6) is -2.02. The molecule has 0 saturated carbocycles. The molecule has 3 N–H and O–H groups in total. The second-order valence-corrected chi connectivity index (χ2v) is 4.50. The van der Waals surface area contributed by atoms with Crippen LogP contribution < -0.4 is 10.6 Å².